The summed E-state index contributed by atoms with van der Waals surface area (Å²) in [6.45, 7) is 1.97. The lowest BCUT2D eigenvalue weighted by Gasteiger charge is -2.30. The highest BCUT2D eigenvalue weighted by molar-refractivity contribution is 4.62. The van der Waals surface area contributed by atoms with E-state index >= 15 is 0 Å². The topological polar surface area (TPSA) is 27.0 Å². The minimum atomic E-state index is 0.986. The van der Waals surface area contributed by atoms with Gasteiger partial charge in [-0.25, -0.2) is 0 Å². The molecule has 42 valence electrons. The SMILES string of the molecule is [NH-]N1CCCCC1. The summed E-state index contributed by atoms with van der Waals surface area (Å²) in [5.41, 5.74) is 0. The Hall–Kier alpha value is -0.0800. The molecular weight excluding hydrogens is 88.1 g/mol. The molecule has 7 heavy (non-hydrogen) atoms. The third-order valence-electron chi connectivity index (χ3n) is 1.36. The maximum absolute atomic E-state index is 7.11. The highest BCUT2D eigenvalue weighted by Crippen LogP contribution is 2.06. The quantitative estimate of drug-likeness (QED) is 0.451. The predicted octanol–water partition coefficient (Wildman–Crippen LogP) is 1.44. The summed E-state index contributed by atoms with van der Waals surface area (Å²) >= 11 is 0. The fourth-order valence-corrected chi connectivity index (χ4v) is 0.894. The van der Waals surface area contributed by atoms with Crippen LogP contribution in [0.5, 0.6) is 0 Å². The van der Waals surface area contributed by atoms with Gasteiger partial charge in [-0.15, -0.1) is 0 Å². The molecule has 1 aliphatic heterocycles. The zero-order chi connectivity index (χ0) is 5.11. The van der Waals surface area contributed by atoms with E-state index in [0.29, 0.717) is 0 Å². The van der Waals surface area contributed by atoms with Crippen LogP contribution in [-0.2, 0) is 0 Å². The number of nitrogens with one attached hydrogen (secondary N) is 1. The Morgan fingerprint density at radius 2 is 1.57 bits per heavy atom. The molecular formula is C5H11N2-. The second-order valence-electron chi connectivity index (χ2n) is 2.05. The van der Waals surface area contributed by atoms with Crippen molar-refractivity contribution in [3.05, 3.63) is 5.84 Å². The molecule has 1 aliphatic rings. The van der Waals surface area contributed by atoms with Gasteiger partial charge in [-0.3, -0.25) is 0 Å². The summed E-state index contributed by atoms with van der Waals surface area (Å²) in [6, 6.07) is 0. The average Bonchev–Trinajstić information content (AvgIpc) is 1.69. The second-order valence-corrected chi connectivity index (χ2v) is 2.05. The molecule has 0 spiro atoms. The highest BCUT2D eigenvalue weighted by Gasteiger charge is 1.97. The molecule has 0 aliphatic carbocycles. The molecule has 1 heterocycles. The summed E-state index contributed by atoms with van der Waals surface area (Å²) in [5, 5.41) is 1.64. The fourth-order valence-electron chi connectivity index (χ4n) is 0.894. The lowest BCUT2D eigenvalue weighted by Crippen LogP contribution is -2.21. The third-order valence-corrected chi connectivity index (χ3v) is 1.36. The lowest BCUT2D eigenvalue weighted by molar-refractivity contribution is 0.310. The van der Waals surface area contributed by atoms with Crippen LogP contribution in [0.3, 0.4) is 0 Å². The van der Waals surface area contributed by atoms with Crippen LogP contribution < -0.4 is 0 Å². The fraction of sp³-hybridized carbons (Fsp3) is 1.00. The van der Waals surface area contributed by atoms with E-state index in [1.165, 1.54) is 19.3 Å². The van der Waals surface area contributed by atoms with Crippen LogP contribution in [0.4, 0.5) is 0 Å². The van der Waals surface area contributed by atoms with Crippen LogP contribution in [0.2, 0.25) is 0 Å². The van der Waals surface area contributed by atoms with Crippen molar-refractivity contribution >= 4 is 0 Å². The zero-order valence-corrected chi connectivity index (χ0v) is 4.48. The molecule has 0 bridgehead atoms. The average molecular weight is 99.2 g/mol. The first-order chi connectivity index (χ1) is 3.39. The van der Waals surface area contributed by atoms with E-state index in [1.54, 1.807) is 5.01 Å². The molecule has 1 saturated heterocycles. The maximum Gasteiger partial charge on any atom is -0.0198 e. The largest absolute Gasteiger partial charge is 0.610 e. The molecule has 0 unspecified atom stereocenters. The van der Waals surface area contributed by atoms with Gasteiger partial charge in [0, 0.05) is 0 Å². The van der Waals surface area contributed by atoms with Gasteiger partial charge in [-0.05, 0) is 25.9 Å². The van der Waals surface area contributed by atoms with Crippen molar-refractivity contribution in [1.82, 2.24) is 5.01 Å². The van der Waals surface area contributed by atoms with Crippen LogP contribution in [-0.4, -0.2) is 18.1 Å². The van der Waals surface area contributed by atoms with E-state index in [1.807, 2.05) is 0 Å². The summed E-state index contributed by atoms with van der Waals surface area (Å²) in [4.78, 5) is 0. The van der Waals surface area contributed by atoms with Gasteiger partial charge in [-0.1, -0.05) is 6.42 Å². The van der Waals surface area contributed by atoms with Crippen LogP contribution in [0.1, 0.15) is 19.3 Å². The van der Waals surface area contributed by atoms with Gasteiger partial charge in [0.15, 0.2) is 0 Å². The minimum Gasteiger partial charge on any atom is -0.610 e. The molecule has 0 saturated carbocycles. The van der Waals surface area contributed by atoms with Crippen molar-refractivity contribution in [3.8, 4) is 0 Å². The van der Waals surface area contributed by atoms with E-state index in [9.17, 15) is 0 Å². The Kier molecular flexibility index (Phi) is 1.65. The number of hydrogen-bond acceptors (Lipinski definition) is 1. The highest BCUT2D eigenvalue weighted by atomic mass is 15.4. The molecule has 0 aromatic carbocycles. The van der Waals surface area contributed by atoms with Crippen molar-refractivity contribution in [2.45, 2.75) is 19.3 Å². The van der Waals surface area contributed by atoms with Gasteiger partial charge in [0.25, 0.3) is 0 Å². The summed E-state index contributed by atoms with van der Waals surface area (Å²) in [6.07, 6.45) is 3.78. The Labute approximate surface area is 44.3 Å². The monoisotopic (exact) mass is 99.1 g/mol. The third kappa shape index (κ3) is 1.45. The second kappa shape index (κ2) is 2.28. The van der Waals surface area contributed by atoms with Gasteiger partial charge >= 0.3 is 0 Å². The van der Waals surface area contributed by atoms with E-state index in [-0.39, 0.29) is 0 Å². The van der Waals surface area contributed by atoms with E-state index in [2.05, 4.69) is 0 Å². The first kappa shape index (κ1) is 5.06. The molecule has 1 N–H and O–H groups in total. The summed E-state index contributed by atoms with van der Waals surface area (Å²) in [5.74, 6) is 7.11. The molecule has 2 nitrogen and oxygen atoms in total. The van der Waals surface area contributed by atoms with Crippen molar-refractivity contribution < 1.29 is 0 Å². The van der Waals surface area contributed by atoms with Crippen LogP contribution in [0, 0.1) is 0 Å². The van der Waals surface area contributed by atoms with Crippen LogP contribution in [0.15, 0.2) is 0 Å². The first-order valence-corrected chi connectivity index (χ1v) is 2.86. The predicted molar refractivity (Wildman–Crippen MR) is 29.7 cm³/mol. The summed E-state index contributed by atoms with van der Waals surface area (Å²) in [7, 11) is 0. The minimum absolute atomic E-state index is 0.986. The molecule has 1 fully saturated rings. The van der Waals surface area contributed by atoms with Gasteiger partial charge in [0.05, 0.1) is 0 Å². The standard InChI is InChI=1S/C5H11N2/c6-7-4-2-1-3-5-7/h6H,1-5H2/q-1. The summed E-state index contributed by atoms with van der Waals surface area (Å²) < 4.78 is 0. The molecule has 0 aromatic rings. The number of nitrogens with zero attached hydrogens (tertiary/aromatic N) is 1. The van der Waals surface area contributed by atoms with Gasteiger partial charge in [0.2, 0.25) is 0 Å². The number of piperidine rings is 1. The van der Waals surface area contributed by atoms with Gasteiger partial charge < -0.3 is 10.9 Å². The Balaban J connectivity index is 2.12. The molecule has 0 atom stereocenters. The van der Waals surface area contributed by atoms with Crippen LogP contribution >= 0.6 is 0 Å². The lowest BCUT2D eigenvalue weighted by atomic mass is 10.2. The zero-order valence-electron chi connectivity index (χ0n) is 4.48. The number of hydrogen-bond donors (Lipinski definition) is 0. The molecule has 0 aromatic heterocycles. The first-order valence-electron chi connectivity index (χ1n) is 2.86. The van der Waals surface area contributed by atoms with Crippen molar-refractivity contribution in [1.29, 1.82) is 0 Å². The van der Waals surface area contributed by atoms with Crippen LogP contribution in [0.25, 0.3) is 5.84 Å². The van der Waals surface area contributed by atoms with Crippen molar-refractivity contribution in [2.24, 2.45) is 0 Å². The van der Waals surface area contributed by atoms with Gasteiger partial charge in [0.1, 0.15) is 0 Å². The Bertz CT molecular complexity index is 48.0. The van der Waals surface area contributed by atoms with E-state index < -0.39 is 0 Å². The Morgan fingerprint density at radius 1 is 1.00 bits per heavy atom. The molecule has 0 radical (unpaired) electrons. The molecule has 1 rings (SSSR count). The molecule has 0 amide bonds. The molecule has 2 heteroatoms. The number of rotatable bonds is 0. The van der Waals surface area contributed by atoms with E-state index in [4.69, 9.17) is 5.84 Å². The maximum atomic E-state index is 7.11. The van der Waals surface area contributed by atoms with Crippen molar-refractivity contribution in [3.63, 3.8) is 0 Å². The Morgan fingerprint density at radius 3 is 1.86 bits per heavy atom. The normalized spacial score (nSPS) is 25.3. The smallest absolute Gasteiger partial charge is 0.0198 e. The van der Waals surface area contributed by atoms with E-state index in [0.717, 1.165) is 13.1 Å². The van der Waals surface area contributed by atoms with Crippen molar-refractivity contribution in [2.75, 3.05) is 13.1 Å². The van der Waals surface area contributed by atoms with Gasteiger partial charge in [-0.2, -0.15) is 0 Å².